The lowest BCUT2D eigenvalue weighted by Crippen LogP contribution is -2.10. The van der Waals surface area contributed by atoms with Crippen LogP contribution in [0.3, 0.4) is 0 Å². The van der Waals surface area contributed by atoms with Gasteiger partial charge in [-0.05, 0) is 6.07 Å². The van der Waals surface area contributed by atoms with E-state index in [0.717, 1.165) is 5.52 Å². The zero-order valence-electron chi connectivity index (χ0n) is 5.77. The van der Waals surface area contributed by atoms with Gasteiger partial charge in [0.15, 0.2) is 0 Å². The monoisotopic (exact) mass is 146 g/mol. The Labute approximate surface area is 62.9 Å². The fourth-order valence-electron chi connectivity index (χ4n) is 1.01. The van der Waals surface area contributed by atoms with Gasteiger partial charge in [0.1, 0.15) is 0 Å². The molecule has 3 nitrogen and oxygen atoms in total. The van der Waals surface area contributed by atoms with Crippen molar-refractivity contribution in [2.45, 2.75) is 0 Å². The van der Waals surface area contributed by atoms with Crippen molar-refractivity contribution in [3.8, 4) is 0 Å². The van der Waals surface area contributed by atoms with Crippen LogP contribution < -0.4 is 5.56 Å². The summed E-state index contributed by atoms with van der Waals surface area (Å²) in [4.78, 5) is 15.0. The van der Waals surface area contributed by atoms with Crippen molar-refractivity contribution in [1.82, 2.24) is 9.38 Å². The van der Waals surface area contributed by atoms with E-state index in [1.54, 1.807) is 29.1 Å². The van der Waals surface area contributed by atoms with E-state index in [1.165, 1.54) is 6.07 Å². The lowest BCUT2D eigenvalue weighted by atomic mass is 10.4. The van der Waals surface area contributed by atoms with Gasteiger partial charge < -0.3 is 0 Å². The third kappa shape index (κ3) is 0.902. The standard InChI is InChI=1S/C8H6N2O/c11-8-3-1-2-7-6-9-4-5-10(7)8/h1-6H. The van der Waals surface area contributed by atoms with Crippen molar-refractivity contribution in [2.75, 3.05) is 0 Å². The maximum Gasteiger partial charge on any atom is 0.255 e. The molecule has 0 aromatic carbocycles. The topological polar surface area (TPSA) is 34.4 Å². The second-order valence-corrected chi connectivity index (χ2v) is 2.24. The molecule has 54 valence electrons. The molecule has 0 spiro atoms. The Balaban J connectivity index is 3.03. The van der Waals surface area contributed by atoms with Gasteiger partial charge in [-0.15, -0.1) is 0 Å². The second kappa shape index (κ2) is 2.20. The fourth-order valence-corrected chi connectivity index (χ4v) is 1.01. The van der Waals surface area contributed by atoms with Crippen LogP contribution in [-0.4, -0.2) is 9.38 Å². The van der Waals surface area contributed by atoms with Gasteiger partial charge in [0.05, 0.1) is 11.7 Å². The van der Waals surface area contributed by atoms with Gasteiger partial charge in [-0.2, -0.15) is 0 Å². The van der Waals surface area contributed by atoms with E-state index >= 15 is 0 Å². The lowest BCUT2D eigenvalue weighted by molar-refractivity contribution is 1.06. The van der Waals surface area contributed by atoms with Crippen molar-refractivity contribution in [3.63, 3.8) is 0 Å². The molecule has 11 heavy (non-hydrogen) atoms. The first kappa shape index (κ1) is 6.09. The van der Waals surface area contributed by atoms with Gasteiger partial charge in [0, 0.05) is 18.5 Å². The van der Waals surface area contributed by atoms with Crippen LogP contribution in [0.2, 0.25) is 0 Å². The highest BCUT2D eigenvalue weighted by molar-refractivity contribution is 5.42. The Kier molecular flexibility index (Phi) is 1.22. The number of aromatic nitrogens is 2. The molecule has 0 N–H and O–H groups in total. The Bertz CT molecular complexity index is 428. The van der Waals surface area contributed by atoms with E-state index in [4.69, 9.17) is 0 Å². The van der Waals surface area contributed by atoms with Crippen molar-refractivity contribution in [1.29, 1.82) is 0 Å². The lowest BCUT2D eigenvalue weighted by Gasteiger charge is -1.95. The number of hydrogen-bond acceptors (Lipinski definition) is 2. The van der Waals surface area contributed by atoms with Gasteiger partial charge in [-0.25, -0.2) is 0 Å². The van der Waals surface area contributed by atoms with E-state index < -0.39 is 0 Å². The van der Waals surface area contributed by atoms with Crippen LogP contribution in [0.15, 0.2) is 41.6 Å². The molecular weight excluding hydrogens is 140 g/mol. The van der Waals surface area contributed by atoms with E-state index in [1.807, 2.05) is 6.07 Å². The van der Waals surface area contributed by atoms with Crippen molar-refractivity contribution < 1.29 is 0 Å². The summed E-state index contributed by atoms with van der Waals surface area (Å²) in [6.07, 6.45) is 4.90. The van der Waals surface area contributed by atoms with Crippen LogP contribution in [0.5, 0.6) is 0 Å². The second-order valence-electron chi connectivity index (χ2n) is 2.24. The molecule has 2 aromatic heterocycles. The molecule has 0 atom stereocenters. The third-order valence-corrected chi connectivity index (χ3v) is 1.53. The number of rotatable bonds is 0. The highest BCUT2D eigenvalue weighted by Gasteiger charge is 1.90. The summed E-state index contributed by atoms with van der Waals surface area (Å²) in [5, 5.41) is 0. The molecule has 2 rings (SSSR count). The van der Waals surface area contributed by atoms with Crippen LogP contribution in [-0.2, 0) is 0 Å². The van der Waals surface area contributed by atoms with Gasteiger partial charge in [0.25, 0.3) is 5.56 Å². The predicted octanol–water partition coefficient (Wildman–Crippen LogP) is 0.694. The minimum atomic E-state index is -0.0232. The Morgan fingerprint density at radius 3 is 3.09 bits per heavy atom. The molecule has 2 heterocycles. The summed E-state index contributed by atoms with van der Waals surface area (Å²) in [6.45, 7) is 0. The summed E-state index contributed by atoms with van der Waals surface area (Å²) in [7, 11) is 0. The zero-order chi connectivity index (χ0) is 7.68. The highest BCUT2D eigenvalue weighted by atomic mass is 16.1. The molecule has 0 saturated carbocycles. The number of fused-ring (bicyclic) bond motifs is 1. The predicted molar refractivity (Wildman–Crippen MR) is 41.5 cm³/mol. The number of hydrogen-bond donors (Lipinski definition) is 0. The maximum absolute atomic E-state index is 11.1. The molecule has 0 bridgehead atoms. The molecule has 0 unspecified atom stereocenters. The average molecular weight is 146 g/mol. The summed E-state index contributed by atoms with van der Waals surface area (Å²) >= 11 is 0. The van der Waals surface area contributed by atoms with E-state index in [2.05, 4.69) is 4.98 Å². The molecular formula is C8H6N2O. The van der Waals surface area contributed by atoms with Crippen LogP contribution in [0.25, 0.3) is 5.52 Å². The Morgan fingerprint density at radius 2 is 2.27 bits per heavy atom. The molecule has 0 aliphatic carbocycles. The summed E-state index contributed by atoms with van der Waals surface area (Å²) in [5.41, 5.74) is 0.796. The van der Waals surface area contributed by atoms with Gasteiger partial charge in [-0.1, -0.05) is 6.07 Å². The van der Waals surface area contributed by atoms with Crippen LogP contribution in [0.1, 0.15) is 0 Å². The zero-order valence-corrected chi connectivity index (χ0v) is 5.77. The minimum absolute atomic E-state index is 0.0232. The average Bonchev–Trinajstić information content (AvgIpc) is 2.06. The Morgan fingerprint density at radius 1 is 1.36 bits per heavy atom. The molecule has 0 aliphatic heterocycles. The van der Waals surface area contributed by atoms with Gasteiger partial charge >= 0.3 is 0 Å². The fraction of sp³-hybridized carbons (Fsp3) is 0. The van der Waals surface area contributed by atoms with Gasteiger partial charge in [0.2, 0.25) is 0 Å². The number of pyridine rings is 1. The largest absolute Gasteiger partial charge is 0.281 e. The van der Waals surface area contributed by atoms with Crippen molar-refractivity contribution >= 4 is 5.52 Å². The molecule has 0 aliphatic rings. The summed E-state index contributed by atoms with van der Waals surface area (Å²) in [6, 6.07) is 5.08. The molecule has 3 heteroatoms. The van der Waals surface area contributed by atoms with Crippen molar-refractivity contribution in [2.24, 2.45) is 0 Å². The third-order valence-electron chi connectivity index (χ3n) is 1.53. The van der Waals surface area contributed by atoms with E-state index in [9.17, 15) is 4.79 Å². The van der Waals surface area contributed by atoms with E-state index in [0.29, 0.717) is 0 Å². The summed E-state index contributed by atoms with van der Waals surface area (Å²) < 4.78 is 1.55. The SMILES string of the molecule is O=c1cccc2cnccn12. The van der Waals surface area contributed by atoms with Gasteiger partial charge in [-0.3, -0.25) is 14.2 Å². The number of nitrogens with zero attached hydrogens (tertiary/aromatic N) is 2. The van der Waals surface area contributed by atoms with E-state index in [-0.39, 0.29) is 5.56 Å². The van der Waals surface area contributed by atoms with Crippen LogP contribution >= 0.6 is 0 Å². The first-order valence-electron chi connectivity index (χ1n) is 3.29. The smallest absolute Gasteiger partial charge is 0.255 e. The highest BCUT2D eigenvalue weighted by Crippen LogP contribution is 1.93. The molecule has 0 amide bonds. The normalized spacial score (nSPS) is 10.2. The first-order valence-corrected chi connectivity index (χ1v) is 3.29. The first-order chi connectivity index (χ1) is 5.38. The molecule has 0 fully saturated rings. The quantitative estimate of drug-likeness (QED) is 0.548. The maximum atomic E-state index is 11.1. The van der Waals surface area contributed by atoms with Crippen LogP contribution in [0.4, 0.5) is 0 Å². The minimum Gasteiger partial charge on any atom is -0.281 e. The molecule has 2 aromatic rings. The summed E-state index contributed by atoms with van der Waals surface area (Å²) in [5.74, 6) is 0. The molecule has 0 radical (unpaired) electrons. The Hall–Kier alpha value is -1.64. The van der Waals surface area contributed by atoms with Crippen LogP contribution in [0, 0.1) is 0 Å². The molecule has 0 saturated heterocycles. The van der Waals surface area contributed by atoms with Crippen molar-refractivity contribution in [3.05, 3.63) is 47.1 Å².